The van der Waals surface area contributed by atoms with Gasteiger partial charge in [0.15, 0.2) is 0 Å². The quantitative estimate of drug-likeness (QED) is 0.878. The largest absolute Gasteiger partial charge is 0.496 e. The van der Waals surface area contributed by atoms with Crippen molar-refractivity contribution in [2.24, 2.45) is 0 Å². The van der Waals surface area contributed by atoms with Gasteiger partial charge in [0.2, 0.25) is 0 Å². The molecule has 0 radical (unpaired) electrons. The van der Waals surface area contributed by atoms with Gasteiger partial charge in [0.25, 0.3) is 0 Å². The van der Waals surface area contributed by atoms with Crippen molar-refractivity contribution in [3.8, 4) is 16.9 Å². The molecule has 0 saturated carbocycles. The summed E-state index contributed by atoms with van der Waals surface area (Å²) in [5, 5.41) is 0.900. The molecule has 1 aromatic heterocycles. The van der Waals surface area contributed by atoms with Gasteiger partial charge >= 0.3 is 0 Å². The number of thiophene rings is 1. The summed E-state index contributed by atoms with van der Waals surface area (Å²) >= 11 is 1.68. The summed E-state index contributed by atoms with van der Waals surface area (Å²) in [7, 11) is 1.72. The zero-order valence-corrected chi connectivity index (χ0v) is 12.8. The summed E-state index contributed by atoms with van der Waals surface area (Å²) < 4.78 is 5.43. The summed E-state index contributed by atoms with van der Waals surface area (Å²) in [5.74, 6) is 1.38. The van der Waals surface area contributed by atoms with Crippen LogP contribution in [0.4, 0.5) is 5.00 Å². The monoisotopic (exact) mass is 275 g/mol. The topological polar surface area (TPSA) is 35.2 Å². The first-order valence-corrected chi connectivity index (χ1v) is 7.45. The van der Waals surface area contributed by atoms with Gasteiger partial charge in [0, 0.05) is 10.4 Å². The van der Waals surface area contributed by atoms with E-state index in [1.54, 1.807) is 18.4 Å². The molecule has 0 aliphatic carbocycles. The molecular weight excluding hydrogens is 254 g/mol. The zero-order chi connectivity index (χ0) is 14.0. The van der Waals surface area contributed by atoms with Crippen molar-refractivity contribution in [3.05, 3.63) is 34.7 Å². The van der Waals surface area contributed by atoms with Crippen molar-refractivity contribution in [3.63, 3.8) is 0 Å². The molecule has 1 heterocycles. The zero-order valence-electron chi connectivity index (χ0n) is 12.0. The Bertz CT molecular complexity index is 572. The maximum Gasteiger partial charge on any atom is 0.122 e. The van der Waals surface area contributed by atoms with Crippen LogP contribution in [0.25, 0.3) is 11.1 Å². The Kier molecular flexibility index (Phi) is 4.15. The maximum atomic E-state index is 6.13. The number of rotatable bonds is 4. The first-order chi connectivity index (χ1) is 9.06. The highest BCUT2D eigenvalue weighted by molar-refractivity contribution is 7.16. The standard InChI is InChI=1S/C16H21NOS/c1-5-12-9-14(16(17)19-12)11-6-7-15(18-4)13(8-11)10(2)3/h6-10H,5,17H2,1-4H3. The number of methoxy groups -OCH3 is 1. The van der Waals surface area contributed by atoms with E-state index in [9.17, 15) is 0 Å². The van der Waals surface area contributed by atoms with Crippen molar-refractivity contribution < 1.29 is 4.74 Å². The molecule has 2 aromatic rings. The Labute approximate surface area is 119 Å². The lowest BCUT2D eigenvalue weighted by molar-refractivity contribution is 0.407. The van der Waals surface area contributed by atoms with Crippen LogP contribution in [-0.4, -0.2) is 7.11 Å². The Morgan fingerprint density at radius 1 is 1.26 bits per heavy atom. The van der Waals surface area contributed by atoms with Crippen molar-refractivity contribution in [1.82, 2.24) is 0 Å². The van der Waals surface area contributed by atoms with Crippen LogP contribution in [0.2, 0.25) is 0 Å². The van der Waals surface area contributed by atoms with Crippen LogP contribution in [0.5, 0.6) is 5.75 Å². The average molecular weight is 275 g/mol. The van der Waals surface area contributed by atoms with Gasteiger partial charge in [-0.15, -0.1) is 11.3 Å². The Balaban J connectivity index is 2.50. The van der Waals surface area contributed by atoms with E-state index in [2.05, 4.69) is 39.0 Å². The number of benzene rings is 1. The van der Waals surface area contributed by atoms with Crippen LogP contribution in [0.15, 0.2) is 24.3 Å². The third kappa shape index (κ3) is 2.76. The van der Waals surface area contributed by atoms with E-state index >= 15 is 0 Å². The lowest BCUT2D eigenvalue weighted by Gasteiger charge is -2.13. The van der Waals surface area contributed by atoms with Gasteiger partial charge in [-0.3, -0.25) is 0 Å². The summed E-state index contributed by atoms with van der Waals surface area (Å²) in [6, 6.07) is 8.52. The van der Waals surface area contributed by atoms with E-state index < -0.39 is 0 Å². The smallest absolute Gasteiger partial charge is 0.122 e. The second kappa shape index (κ2) is 5.66. The maximum absolute atomic E-state index is 6.13. The molecule has 2 N–H and O–H groups in total. The van der Waals surface area contributed by atoms with Gasteiger partial charge in [0.1, 0.15) is 5.75 Å². The molecule has 0 aliphatic rings. The van der Waals surface area contributed by atoms with E-state index in [4.69, 9.17) is 10.5 Å². The SMILES string of the molecule is CCc1cc(-c2ccc(OC)c(C(C)C)c2)c(N)s1. The average Bonchev–Trinajstić information content (AvgIpc) is 2.79. The van der Waals surface area contributed by atoms with Crippen LogP contribution >= 0.6 is 11.3 Å². The molecule has 0 unspecified atom stereocenters. The molecule has 1 aromatic carbocycles. The normalized spacial score (nSPS) is 11.0. The second-order valence-electron chi connectivity index (χ2n) is 4.96. The Hall–Kier alpha value is -1.48. The summed E-state index contributed by atoms with van der Waals surface area (Å²) in [6.45, 7) is 6.51. The molecule has 19 heavy (non-hydrogen) atoms. The summed E-state index contributed by atoms with van der Waals surface area (Å²) in [5.41, 5.74) is 9.68. The van der Waals surface area contributed by atoms with E-state index in [0.717, 1.165) is 22.7 Å². The summed E-state index contributed by atoms with van der Waals surface area (Å²) in [4.78, 5) is 1.33. The first kappa shape index (κ1) is 13.9. The predicted molar refractivity (Wildman–Crippen MR) is 84.2 cm³/mol. The van der Waals surface area contributed by atoms with Crippen LogP contribution < -0.4 is 10.5 Å². The fourth-order valence-electron chi connectivity index (χ4n) is 2.21. The van der Waals surface area contributed by atoms with E-state index in [1.807, 2.05) is 6.07 Å². The lowest BCUT2D eigenvalue weighted by atomic mass is 9.97. The van der Waals surface area contributed by atoms with Crippen LogP contribution in [-0.2, 0) is 6.42 Å². The number of ether oxygens (including phenoxy) is 1. The minimum atomic E-state index is 0.431. The molecule has 2 nitrogen and oxygen atoms in total. The minimum Gasteiger partial charge on any atom is -0.496 e. The molecule has 2 rings (SSSR count). The van der Waals surface area contributed by atoms with Gasteiger partial charge in [0.05, 0.1) is 12.1 Å². The molecule has 3 heteroatoms. The molecule has 102 valence electrons. The number of hydrogen-bond donors (Lipinski definition) is 1. The first-order valence-electron chi connectivity index (χ1n) is 6.63. The number of aryl methyl sites for hydroxylation is 1. The van der Waals surface area contributed by atoms with Crippen molar-refractivity contribution in [1.29, 1.82) is 0 Å². The second-order valence-corrected chi connectivity index (χ2v) is 6.12. The molecule has 0 atom stereocenters. The van der Waals surface area contributed by atoms with E-state index in [0.29, 0.717) is 5.92 Å². The molecule has 0 fully saturated rings. The van der Waals surface area contributed by atoms with Crippen LogP contribution in [0.1, 0.15) is 37.1 Å². The van der Waals surface area contributed by atoms with E-state index in [1.165, 1.54) is 16.0 Å². The fraction of sp³-hybridized carbons (Fsp3) is 0.375. The van der Waals surface area contributed by atoms with Crippen molar-refractivity contribution in [2.45, 2.75) is 33.1 Å². The molecule has 0 aliphatic heterocycles. The Morgan fingerprint density at radius 3 is 2.53 bits per heavy atom. The van der Waals surface area contributed by atoms with Crippen molar-refractivity contribution >= 4 is 16.3 Å². The minimum absolute atomic E-state index is 0.431. The number of hydrogen-bond acceptors (Lipinski definition) is 3. The highest BCUT2D eigenvalue weighted by Crippen LogP contribution is 2.37. The third-order valence-corrected chi connectivity index (χ3v) is 4.43. The van der Waals surface area contributed by atoms with Gasteiger partial charge in [-0.1, -0.05) is 26.8 Å². The van der Waals surface area contributed by atoms with Gasteiger partial charge in [-0.2, -0.15) is 0 Å². The van der Waals surface area contributed by atoms with Crippen LogP contribution in [0.3, 0.4) is 0 Å². The molecule has 0 bridgehead atoms. The molecular formula is C16H21NOS. The van der Waals surface area contributed by atoms with Crippen LogP contribution in [0, 0.1) is 0 Å². The molecule has 0 amide bonds. The fourth-order valence-corrected chi connectivity index (χ4v) is 3.10. The number of nitrogens with two attached hydrogens (primary N) is 1. The predicted octanol–water partition coefficient (Wildman–Crippen LogP) is 4.69. The molecule has 0 saturated heterocycles. The Morgan fingerprint density at radius 2 is 2.00 bits per heavy atom. The molecule has 0 spiro atoms. The van der Waals surface area contributed by atoms with Gasteiger partial charge < -0.3 is 10.5 Å². The third-order valence-electron chi connectivity index (χ3n) is 3.32. The highest BCUT2D eigenvalue weighted by atomic mass is 32.1. The number of nitrogen functional groups attached to an aromatic ring is 1. The highest BCUT2D eigenvalue weighted by Gasteiger charge is 2.12. The summed E-state index contributed by atoms with van der Waals surface area (Å²) in [6.07, 6.45) is 1.03. The van der Waals surface area contributed by atoms with Gasteiger partial charge in [-0.05, 0) is 41.7 Å². The number of anilines is 1. The van der Waals surface area contributed by atoms with Crippen molar-refractivity contribution in [2.75, 3.05) is 12.8 Å². The van der Waals surface area contributed by atoms with Gasteiger partial charge in [-0.25, -0.2) is 0 Å². The van der Waals surface area contributed by atoms with E-state index in [-0.39, 0.29) is 0 Å². The lowest BCUT2D eigenvalue weighted by Crippen LogP contribution is -1.95.